The molecule has 11 heteroatoms. The highest BCUT2D eigenvalue weighted by Gasteiger charge is 2.28. The van der Waals surface area contributed by atoms with Gasteiger partial charge in [0.15, 0.2) is 5.88 Å². The third kappa shape index (κ3) is 4.54. The normalized spacial score (nSPS) is 15.4. The third-order valence-electron chi connectivity index (χ3n) is 5.66. The Morgan fingerprint density at radius 1 is 1.24 bits per heavy atom. The zero-order valence-corrected chi connectivity index (χ0v) is 18.9. The number of rotatable bonds is 6. The highest BCUT2D eigenvalue weighted by Crippen LogP contribution is 2.36. The summed E-state index contributed by atoms with van der Waals surface area (Å²) < 4.78 is 27.3. The number of pyridine rings is 1. The van der Waals surface area contributed by atoms with E-state index in [1.165, 1.54) is 16.6 Å². The van der Waals surface area contributed by atoms with E-state index in [0.717, 1.165) is 0 Å². The number of benzene rings is 1. The fraction of sp³-hybridized carbons (Fsp3) is 0.318. The first-order chi connectivity index (χ1) is 15.8. The number of carbonyl (C=O) groups excluding carboxylic acids is 1. The Kier molecular flexibility index (Phi) is 6.33. The van der Waals surface area contributed by atoms with Gasteiger partial charge in [0.1, 0.15) is 4.90 Å². The molecule has 0 atom stereocenters. The summed E-state index contributed by atoms with van der Waals surface area (Å²) in [4.78, 5) is 21.7. The summed E-state index contributed by atoms with van der Waals surface area (Å²) in [5.74, 6) is -0.463. The number of nitriles is 1. The zero-order chi connectivity index (χ0) is 23.6. The van der Waals surface area contributed by atoms with E-state index in [1.54, 1.807) is 24.3 Å². The smallest absolute Gasteiger partial charge is 0.251 e. The minimum Gasteiger partial charge on any atom is -0.494 e. The van der Waals surface area contributed by atoms with Gasteiger partial charge in [-0.25, -0.2) is 8.42 Å². The van der Waals surface area contributed by atoms with Crippen molar-refractivity contribution in [2.75, 3.05) is 39.8 Å². The number of amides is 1. The van der Waals surface area contributed by atoms with Crippen molar-refractivity contribution in [2.24, 2.45) is 0 Å². The van der Waals surface area contributed by atoms with E-state index in [1.807, 2.05) is 13.1 Å². The van der Waals surface area contributed by atoms with Gasteiger partial charge in [-0.15, -0.1) is 0 Å². The molecule has 1 aliphatic heterocycles. The molecule has 4 rings (SSSR count). The summed E-state index contributed by atoms with van der Waals surface area (Å²) in [6.07, 6.45) is 1.50. The molecule has 0 spiro atoms. The maximum absolute atomic E-state index is 12.9. The summed E-state index contributed by atoms with van der Waals surface area (Å²) in [6.45, 7) is 2.41. The monoisotopic (exact) mass is 468 g/mol. The molecule has 1 fully saturated rings. The number of hydrogen-bond donors (Lipinski definition) is 3. The third-order valence-corrected chi connectivity index (χ3v) is 7.54. The Hall–Kier alpha value is -3.46. The van der Waals surface area contributed by atoms with Gasteiger partial charge in [-0.1, -0.05) is 0 Å². The number of hydrogen-bond acceptors (Lipinski definition) is 7. The molecule has 172 valence electrons. The van der Waals surface area contributed by atoms with Crippen LogP contribution in [-0.2, 0) is 10.0 Å². The van der Waals surface area contributed by atoms with Crippen LogP contribution in [0.5, 0.6) is 5.88 Å². The molecule has 10 nitrogen and oxygen atoms in total. The van der Waals surface area contributed by atoms with Crippen molar-refractivity contribution in [1.82, 2.24) is 24.5 Å². The van der Waals surface area contributed by atoms with Crippen molar-refractivity contribution < 1.29 is 18.3 Å². The van der Waals surface area contributed by atoms with Crippen molar-refractivity contribution in [3.05, 3.63) is 42.1 Å². The van der Waals surface area contributed by atoms with Crippen molar-refractivity contribution in [3.8, 4) is 23.2 Å². The lowest BCUT2D eigenvalue weighted by atomic mass is 10.1. The van der Waals surface area contributed by atoms with Gasteiger partial charge >= 0.3 is 0 Å². The number of aromatic nitrogens is 2. The number of aromatic hydroxyl groups is 1. The Bertz CT molecular complexity index is 1320. The molecule has 1 amide bonds. The first-order valence-electron chi connectivity index (χ1n) is 10.5. The highest BCUT2D eigenvalue weighted by atomic mass is 32.2. The van der Waals surface area contributed by atoms with Crippen LogP contribution >= 0.6 is 0 Å². The van der Waals surface area contributed by atoms with Gasteiger partial charge < -0.3 is 20.3 Å². The molecule has 3 heterocycles. The van der Waals surface area contributed by atoms with Crippen LogP contribution in [-0.4, -0.2) is 78.4 Å². The molecule has 3 aromatic rings. The van der Waals surface area contributed by atoms with E-state index in [9.17, 15) is 18.3 Å². The van der Waals surface area contributed by atoms with E-state index in [4.69, 9.17) is 5.26 Å². The maximum Gasteiger partial charge on any atom is 0.251 e. The zero-order valence-electron chi connectivity index (χ0n) is 18.1. The maximum atomic E-state index is 12.9. The van der Waals surface area contributed by atoms with Gasteiger partial charge in [0.2, 0.25) is 10.0 Å². The van der Waals surface area contributed by atoms with Crippen LogP contribution in [0.3, 0.4) is 0 Å². The standard InChI is InChI=1S/C22H24N6O4S/c1-27-9-11-28(12-10-27)33(31,32)16-4-6-19(25-14-16)20-17-13-15(21(29)24-8-2-7-23)3-5-18(17)26-22(20)30/h3-6,13-14,26,30H,2,8-12H2,1H3,(H,24,29). The predicted molar refractivity (Wildman–Crippen MR) is 122 cm³/mol. The van der Waals surface area contributed by atoms with Crippen LogP contribution < -0.4 is 5.32 Å². The second-order valence-electron chi connectivity index (χ2n) is 7.86. The van der Waals surface area contributed by atoms with E-state index in [0.29, 0.717) is 53.9 Å². The quantitative estimate of drug-likeness (QED) is 0.466. The molecular weight excluding hydrogens is 444 g/mol. The topological polar surface area (TPSA) is 142 Å². The van der Waals surface area contributed by atoms with E-state index in [-0.39, 0.29) is 29.6 Å². The summed E-state index contributed by atoms with van der Waals surface area (Å²) in [5.41, 5.74) is 1.72. The molecule has 1 saturated heterocycles. The molecule has 1 aliphatic rings. The number of H-pyrrole nitrogens is 1. The van der Waals surface area contributed by atoms with Crippen LogP contribution in [0.15, 0.2) is 41.4 Å². The Labute approximate surface area is 191 Å². The fourth-order valence-corrected chi connectivity index (χ4v) is 5.14. The number of sulfonamides is 1. The molecular formula is C22H24N6O4S. The molecule has 0 bridgehead atoms. The number of fused-ring (bicyclic) bond motifs is 1. The molecule has 0 aliphatic carbocycles. The first kappa shape index (κ1) is 22.7. The van der Waals surface area contributed by atoms with Gasteiger partial charge in [0, 0.05) is 55.4 Å². The van der Waals surface area contributed by atoms with Crippen LogP contribution in [0.25, 0.3) is 22.2 Å². The first-order valence-corrected chi connectivity index (χ1v) is 11.9. The van der Waals surface area contributed by atoms with Crippen molar-refractivity contribution in [1.29, 1.82) is 5.26 Å². The number of likely N-dealkylation sites (N-methyl/N-ethyl adjacent to an activating group) is 1. The average Bonchev–Trinajstić information content (AvgIpc) is 3.14. The number of nitrogens with one attached hydrogen (secondary N) is 2. The van der Waals surface area contributed by atoms with Crippen molar-refractivity contribution in [2.45, 2.75) is 11.3 Å². The Morgan fingerprint density at radius 3 is 2.67 bits per heavy atom. The highest BCUT2D eigenvalue weighted by molar-refractivity contribution is 7.89. The van der Waals surface area contributed by atoms with Crippen LogP contribution in [0.1, 0.15) is 16.8 Å². The van der Waals surface area contributed by atoms with Gasteiger partial charge in [0.25, 0.3) is 5.91 Å². The number of carbonyl (C=O) groups is 1. The molecule has 33 heavy (non-hydrogen) atoms. The lowest BCUT2D eigenvalue weighted by molar-refractivity contribution is 0.0954. The number of nitrogens with zero attached hydrogens (tertiary/aromatic N) is 4. The van der Waals surface area contributed by atoms with E-state index in [2.05, 4.69) is 20.2 Å². The minimum atomic E-state index is -3.65. The second-order valence-corrected chi connectivity index (χ2v) is 9.80. The number of aromatic amines is 1. The molecule has 0 radical (unpaired) electrons. The van der Waals surface area contributed by atoms with Gasteiger partial charge in [-0.05, 0) is 37.4 Å². The van der Waals surface area contributed by atoms with Crippen LogP contribution in [0, 0.1) is 11.3 Å². The summed E-state index contributed by atoms with van der Waals surface area (Å²) in [5, 5.41) is 22.3. The molecule has 0 unspecified atom stereocenters. The molecule has 0 saturated carbocycles. The minimum absolute atomic E-state index is 0.0905. The van der Waals surface area contributed by atoms with Crippen molar-refractivity contribution in [3.63, 3.8) is 0 Å². The fourth-order valence-electron chi connectivity index (χ4n) is 3.77. The Balaban J connectivity index is 1.63. The summed E-state index contributed by atoms with van der Waals surface area (Å²) in [7, 11) is -1.70. The molecule has 2 aromatic heterocycles. The van der Waals surface area contributed by atoms with Gasteiger partial charge in [-0.2, -0.15) is 9.57 Å². The van der Waals surface area contributed by atoms with Gasteiger partial charge in [-0.3, -0.25) is 9.78 Å². The van der Waals surface area contributed by atoms with E-state index >= 15 is 0 Å². The average molecular weight is 469 g/mol. The van der Waals surface area contributed by atoms with Crippen molar-refractivity contribution >= 4 is 26.8 Å². The largest absolute Gasteiger partial charge is 0.494 e. The molecule has 3 N–H and O–H groups in total. The van der Waals surface area contributed by atoms with E-state index < -0.39 is 10.0 Å². The SMILES string of the molecule is CN1CCN(S(=O)(=O)c2ccc(-c3c(O)[nH]c4ccc(C(=O)NCCC#N)cc34)nc2)CC1. The number of piperazine rings is 1. The Morgan fingerprint density at radius 2 is 2.00 bits per heavy atom. The predicted octanol–water partition coefficient (Wildman–Crippen LogP) is 1.52. The lowest BCUT2D eigenvalue weighted by Crippen LogP contribution is -2.47. The van der Waals surface area contributed by atoms with Crippen LogP contribution in [0.2, 0.25) is 0 Å². The van der Waals surface area contributed by atoms with Gasteiger partial charge in [0.05, 0.1) is 23.7 Å². The summed E-state index contributed by atoms with van der Waals surface area (Å²) in [6, 6.07) is 9.90. The van der Waals surface area contributed by atoms with Crippen LogP contribution in [0.4, 0.5) is 0 Å². The molecule has 1 aromatic carbocycles. The summed E-state index contributed by atoms with van der Waals surface area (Å²) >= 11 is 0. The lowest BCUT2D eigenvalue weighted by Gasteiger charge is -2.31. The second kappa shape index (κ2) is 9.19.